The maximum Gasteiger partial charge on any atom is 0.151 e. The van der Waals surface area contributed by atoms with E-state index in [1.807, 2.05) is 6.92 Å². The summed E-state index contributed by atoms with van der Waals surface area (Å²) in [7, 11) is 0. The Hall–Kier alpha value is -0.830. The van der Waals surface area contributed by atoms with Crippen LogP contribution < -0.4 is 0 Å². The number of hydrogen-bond acceptors (Lipinski definition) is 3. The van der Waals surface area contributed by atoms with Crippen molar-refractivity contribution in [2.24, 2.45) is 0 Å². The molecule has 0 aliphatic carbocycles. The zero-order valence-electron chi connectivity index (χ0n) is 6.83. The van der Waals surface area contributed by atoms with Crippen LogP contribution in [0, 0.1) is 6.92 Å². The summed E-state index contributed by atoms with van der Waals surface area (Å²) in [5.74, 6) is 1.10. The summed E-state index contributed by atoms with van der Waals surface area (Å²) in [4.78, 5) is 16.0. The van der Waals surface area contributed by atoms with Gasteiger partial charge in [-0.1, -0.05) is 0 Å². The van der Waals surface area contributed by atoms with E-state index in [0.29, 0.717) is 0 Å². The molecule has 62 valence electrons. The predicted molar refractivity (Wildman–Crippen MR) is 48.8 cm³/mol. The minimum Gasteiger partial charge on any atom is -0.298 e. The molecule has 12 heavy (non-hydrogen) atoms. The van der Waals surface area contributed by atoms with E-state index in [1.54, 1.807) is 18.0 Å². The summed E-state index contributed by atoms with van der Waals surface area (Å²) in [5.41, 5.74) is 2.98. The Morgan fingerprint density at radius 1 is 1.67 bits per heavy atom. The molecule has 0 unspecified atom stereocenters. The van der Waals surface area contributed by atoms with E-state index >= 15 is 0 Å². The molecule has 0 atom stereocenters. The third kappa shape index (κ3) is 1.05. The van der Waals surface area contributed by atoms with E-state index in [2.05, 4.69) is 4.98 Å². The zero-order valence-corrected chi connectivity index (χ0v) is 7.65. The predicted octanol–water partition coefficient (Wildman–Crippen LogP) is 1.85. The van der Waals surface area contributed by atoms with Gasteiger partial charge in [-0.2, -0.15) is 0 Å². The zero-order chi connectivity index (χ0) is 8.55. The van der Waals surface area contributed by atoms with Crippen molar-refractivity contribution in [2.45, 2.75) is 18.2 Å². The van der Waals surface area contributed by atoms with Crippen molar-refractivity contribution in [3.05, 3.63) is 23.0 Å². The van der Waals surface area contributed by atoms with Gasteiger partial charge in [0.25, 0.3) is 0 Å². The number of fused-ring (bicyclic) bond motifs is 1. The lowest BCUT2D eigenvalue weighted by molar-refractivity contribution is 0.112. The van der Waals surface area contributed by atoms with Gasteiger partial charge in [0.1, 0.15) is 0 Å². The van der Waals surface area contributed by atoms with Crippen LogP contribution in [0.2, 0.25) is 0 Å². The summed E-state index contributed by atoms with van der Waals surface area (Å²) in [6, 6.07) is 0. The first-order valence-corrected chi connectivity index (χ1v) is 4.88. The molecule has 0 spiro atoms. The molecule has 1 aliphatic heterocycles. The molecule has 2 rings (SSSR count). The normalized spacial score (nSPS) is 14.4. The Labute approximate surface area is 75.4 Å². The second-order valence-corrected chi connectivity index (χ2v) is 3.94. The summed E-state index contributed by atoms with van der Waals surface area (Å²) in [6.45, 7) is 1.99. The van der Waals surface area contributed by atoms with Crippen LogP contribution in [-0.2, 0) is 6.42 Å². The molecule has 1 aromatic heterocycles. The molecule has 0 saturated carbocycles. The number of carbonyl (C=O) groups excluding carboxylic acids is 1. The minimum atomic E-state index is 0.725. The highest BCUT2D eigenvalue weighted by molar-refractivity contribution is 7.99. The first-order valence-electron chi connectivity index (χ1n) is 3.89. The number of carbonyl (C=O) groups is 1. The second kappa shape index (κ2) is 2.90. The van der Waals surface area contributed by atoms with Gasteiger partial charge in [-0.15, -0.1) is 11.8 Å². The SMILES string of the molecule is Cc1c(C=O)cnc2c1SCC2. The summed E-state index contributed by atoms with van der Waals surface area (Å²) in [5, 5.41) is 0. The molecule has 0 amide bonds. The molecule has 0 bridgehead atoms. The average Bonchev–Trinajstić information content (AvgIpc) is 2.53. The quantitative estimate of drug-likeness (QED) is 0.616. The molecular formula is C9H9NOS. The number of hydrogen-bond donors (Lipinski definition) is 0. The van der Waals surface area contributed by atoms with E-state index in [-0.39, 0.29) is 0 Å². The van der Waals surface area contributed by atoms with Crippen molar-refractivity contribution in [3.63, 3.8) is 0 Å². The van der Waals surface area contributed by atoms with Crippen molar-refractivity contribution in [2.75, 3.05) is 5.75 Å². The first-order chi connectivity index (χ1) is 5.83. The van der Waals surface area contributed by atoms with Crippen molar-refractivity contribution in [3.8, 4) is 0 Å². The minimum absolute atomic E-state index is 0.725. The van der Waals surface area contributed by atoms with Gasteiger partial charge in [-0.3, -0.25) is 9.78 Å². The molecule has 2 heterocycles. The van der Waals surface area contributed by atoms with Crippen LogP contribution in [0.3, 0.4) is 0 Å². The van der Waals surface area contributed by atoms with Crippen molar-refractivity contribution < 1.29 is 4.79 Å². The molecule has 1 aromatic rings. The molecule has 2 nitrogen and oxygen atoms in total. The van der Waals surface area contributed by atoms with E-state index < -0.39 is 0 Å². The number of rotatable bonds is 1. The van der Waals surface area contributed by atoms with Gasteiger partial charge in [-0.05, 0) is 12.5 Å². The molecule has 1 aliphatic rings. The molecule has 0 saturated heterocycles. The summed E-state index contributed by atoms with van der Waals surface area (Å²) in [6.07, 6.45) is 3.59. The van der Waals surface area contributed by atoms with Gasteiger partial charge in [-0.25, -0.2) is 0 Å². The number of aryl methyl sites for hydroxylation is 1. The van der Waals surface area contributed by atoms with Gasteiger partial charge in [0, 0.05) is 28.8 Å². The van der Waals surface area contributed by atoms with Crippen LogP contribution in [-0.4, -0.2) is 17.0 Å². The third-order valence-corrected chi connectivity index (χ3v) is 3.35. The van der Waals surface area contributed by atoms with E-state index in [9.17, 15) is 4.79 Å². The maximum atomic E-state index is 10.6. The number of pyridine rings is 1. The Morgan fingerprint density at radius 2 is 2.50 bits per heavy atom. The fraction of sp³-hybridized carbons (Fsp3) is 0.333. The van der Waals surface area contributed by atoms with Crippen LogP contribution in [0.1, 0.15) is 21.6 Å². The Balaban J connectivity index is 2.61. The standard InChI is InChI=1S/C9H9NOS/c1-6-7(5-11)4-10-8-2-3-12-9(6)8/h4-5H,2-3H2,1H3. The maximum absolute atomic E-state index is 10.6. The molecule has 0 radical (unpaired) electrons. The number of thioether (sulfide) groups is 1. The molecular weight excluding hydrogens is 170 g/mol. The van der Waals surface area contributed by atoms with Gasteiger partial charge in [0.05, 0.1) is 5.69 Å². The fourth-order valence-corrected chi connectivity index (χ4v) is 2.54. The highest BCUT2D eigenvalue weighted by Gasteiger charge is 2.16. The van der Waals surface area contributed by atoms with E-state index in [4.69, 9.17) is 0 Å². The lowest BCUT2D eigenvalue weighted by Crippen LogP contribution is -1.94. The fourth-order valence-electron chi connectivity index (χ4n) is 1.39. The lowest BCUT2D eigenvalue weighted by atomic mass is 10.1. The van der Waals surface area contributed by atoms with E-state index in [0.717, 1.165) is 35.3 Å². The van der Waals surface area contributed by atoms with Gasteiger partial charge < -0.3 is 0 Å². The highest BCUT2D eigenvalue weighted by atomic mass is 32.2. The first kappa shape index (κ1) is 7.80. The third-order valence-electron chi connectivity index (χ3n) is 2.11. The lowest BCUT2D eigenvalue weighted by Gasteiger charge is -2.03. The number of aromatic nitrogens is 1. The van der Waals surface area contributed by atoms with Gasteiger partial charge in [0.15, 0.2) is 6.29 Å². The topological polar surface area (TPSA) is 30.0 Å². The van der Waals surface area contributed by atoms with Crippen molar-refractivity contribution >= 4 is 18.0 Å². The number of nitrogens with zero attached hydrogens (tertiary/aromatic N) is 1. The van der Waals surface area contributed by atoms with Gasteiger partial charge in [0.2, 0.25) is 0 Å². The van der Waals surface area contributed by atoms with Crippen molar-refractivity contribution in [1.82, 2.24) is 4.98 Å². The summed E-state index contributed by atoms with van der Waals surface area (Å²) >= 11 is 1.80. The Bertz CT molecular complexity index is 336. The molecule has 3 heteroatoms. The largest absolute Gasteiger partial charge is 0.298 e. The van der Waals surface area contributed by atoms with Crippen LogP contribution in [0.15, 0.2) is 11.1 Å². The van der Waals surface area contributed by atoms with Crippen molar-refractivity contribution in [1.29, 1.82) is 0 Å². The Kier molecular flexibility index (Phi) is 1.89. The van der Waals surface area contributed by atoms with Gasteiger partial charge >= 0.3 is 0 Å². The van der Waals surface area contributed by atoms with Crippen LogP contribution in [0.4, 0.5) is 0 Å². The average molecular weight is 179 g/mol. The highest BCUT2D eigenvalue weighted by Crippen LogP contribution is 2.33. The van der Waals surface area contributed by atoms with Crippen LogP contribution >= 0.6 is 11.8 Å². The second-order valence-electron chi connectivity index (χ2n) is 2.83. The Morgan fingerprint density at radius 3 is 3.25 bits per heavy atom. The summed E-state index contributed by atoms with van der Waals surface area (Å²) < 4.78 is 0. The van der Waals surface area contributed by atoms with E-state index in [1.165, 1.54) is 4.90 Å². The number of aldehydes is 1. The molecule has 0 fully saturated rings. The smallest absolute Gasteiger partial charge is 0.151 e. The van der Waals surface area contributed by atoms with Crippen LogP contribution in [0.25, 0.3) is 0 Å². The monoisotopic (exact) mass is 179 g/mol. The van der Waals surface area contributed by atoms with Crippen LogP contribution in [0.5, 0.6) is 0 Å². The molecule has 0 aromatic carbocycles. The molecule has 0 N–H and O–H groups in total.